The molecular formula is C23H31NO3S. The molecule has 4 bridgehead atoms. The van der Waals surface area contributed by atoms with Crippen LogP contribution in [0.15, 0.2) is 40.8 Å². The molecule has 1 unspecified atom stereocenters. The van der Waals surface area contributed by atoms with Gasteiger partial charge in [0, 0.05) is 12.3 Å². The van der Waals surface area contributed by atoms with Crippen LogP contribution in [0.3, 0.4) is 0 Å². The number of carbonyl (C=O) groups is 1. The second kappa shape index (κ2) is 7.01. The van der Waals surface area contributed by atoms with Crippen molar-refractivity contribution >= 4 is 15.7 Å². The van der Waals surface area contributed by atoms with Crippen molar-refractivity contribution in [3.05, 3.63) is 41.5 Å². The Hall–Kier alpha value is -1.62. The van der Waals surface area contributed by atoms with Crippen LogP contribution < -0.4 is 5.32 Å². The van der Waals surface area contributed by atoms with Crippen LogP contribution in [-0.2, 0) is 14.6 Å². The van der Waals surface area contributed by atoms with E-state index in [0.717, 1.165) is 23.3 Å². The van der Waals surface area contributed by atoms with Crippen molar-refractivity contribution in [2.75, 3.05) is 6.26 Å². The summed E-state index contributed by atoms with van der Waals surface area (Å²) in [6, 6.07) is 6.59. The molecule has 28 heavy (non-hydrogen) atoms. The van der Waals surface area contributed by atoms with Crippen LogP contribution in [0.5, 0.6) is 0 Å². The Balaban J connectivity index is 1.43. The van der Waals surface area contributed by atoms with Gasteiger partial charge >= 0.3 is 0 Å². The van der Waals surface area contributed by atoms with E-state index in [0.29, 0.717) is 4.90 Å². The number of hydrogen-bond donors (Lipinski definition) is 1. The average molecular weight is 402 g/mol. The molecule has 4 aliphatic rings. The first-order chi connectivity index (χ1) is 13.1. The van der Waals surface area contributed by atoms with Crippen LogP contribution in [0.25, 0.3) is 0 Å². The molecule has 5 rings (SSSR count). The number of amides is 1. The molecule has 0 aromatic heterocycles. The van der Waals surface area contributed by atoms with Gasteiger partial charge in [-0.05, 0) is 93.2 Å². The summed E-state index contributed by atoms with van der Waals surface area (Å²) in [5, 5.41) is 3.05. The number of hydrogen-bond acceptors (Lipinski definition) is 3. The summed E-state index contributed by atoms with van der Waals surface area (Å²) in [6.45, 7) is 4.08. The molecule has 4 aliphatic carbocycles. The summed E-state index contributed by atoms with van der Waals surface area (Å²) < 4.78 is 23.2. The van der Waals surface area contributed by atoms with Crippen LogP contribution in [-0.4, -0.2) is 20.6 Å². The van der Waals surface area contributed by atoms with E-state index >= 15 is 0 Å². The second-order valence-corrected chi connectivity index (χ2v) is 11.6. The molecule has 0 aliphatic heterocycles. The van der Waals surface area contributed by atoms with Crippen molar-refractivity contribution < 1.29 is 13.2 Å². The molecule has 1 atom stereocenters. The maximum absolute atomic E-state index is 12.7. The van der Waals surface area contributed by atoms with E-state index in [4.69, 9.17) is 0 Å². The van der Waals surface area contributed by atoms with Crippen LogP contribution in [0, 0.1) is 23.2 Å². The number of nitrogens with one attached hydrogen (secondary N) is 1. The van der Waals surface area contributed by atoms with Crippen molar-refractivity contribution in [1.29, 1.82) is 0 Å². The molecule has 152 valence electrons. The van der Waals surface area contributed by atoms with Crippen molar-refractivity contribution in [1.82, 2.24) is 5.32 Å². The Morgan fingerprint density at radius 2 is 1.57 bits per heavy atom. The number of benzene rings is 1. The van der Waals surface area contributed by atoms with E-state index in [-0.39, 0.29) is 17.4 Å². The highest BCUT2D eigenvalue weighted by Crippen LogP contribution is 2.62. The van der Waals surface area contributed by atoms with Gasteiger partial charge in [-0.1, -0.05) is 17.7 Å². The molecule has 1 N–H and O–H groups in total. The Kier molecular flexibility index (Phi) is 4.93. The van der Waals surface area contributed by atoms with E-state index < -0.39 is 9.84 Å². The maximum Gasteiger partial charge on any atom is 0.244 e. The fourth-order valence-electron chi connectivity index (χ4n) is 6.29. The van der Waals surface area contributed by atoms with Crippen molar-refractivity contribution in [2.45, 2.75) is 63.3 Å². The van der Waals surface area contributed by atoms with Crippen LogP contribution in [0.2, 0.25) is 0 Å². The summed E-state index contributed by atoms with van der Waals surface area (Å²) in [4.78, 5) is 13.0. The third kappa shape index (κ3) is 3.78. The minimum absolute atomic E-state index is 0.0482. The van der Waals surface area contributed by atoms with Gasteiger partial charge in [0.1, 0.15) is 0 Å². The van der Waals surface area contributed by atoms with Crippen molar-refractivity contribution in [3.63, 3.8) is 0 Å². The van der Waals surface area contributed by atoms with E-state index in [2.05, 4.69) is 12.2 Å². The smallest absolute Gasteiger partial charge is 0.244 e. The summed E-state index contributed by atoms with van der Waals surface area (Å²) >= 11 is 0. The van der Waals surface area contributed by atoms with Gasteiger partial charge in [0.2, 0.25) is 5.91 Å². The highest BCUT2D eigenvalue weighted by molar-refractivity contribution is 7.90. The van der Waals surface area contributed by atoms with E-state index in [1.54, 1.807) is 24.3 Å². The maximum atomic E-state index is 12.7. The number of carbonyl (C=O) groups excluding carboxylic acids is 1. The van der Waals surface area contributed by atoms with Gasteiger partial charge < -0.3 is 5.32 Å². The molecule has 0 spiro atoms. The van der Waals surface area contributed by atoms with Crippen LogP contribution >= 0.6 is 0 Å². The lowest BCUT2D eigenvalue weighted by atomic mass is 9.48. The molecule has 1 aromatic carbocycles. The zero-order valence-corrected chi connectivity index (χ0v) is 17.9. The number of sulfone groups is 1. The number of rotatable bonds is 5. The summed E-state index contributed by atoms with van der Waals surface area (Å²) in [6.07, 6.45) is 11.0. The normalized spacial score (nSPS) is 33.0. The summed E-state index contributed by atoms with van der Waals surface area (Å²) in [5.41, 5.74) is 2.41. The molecule has 5 heteroatoms. The Labute approximate surface area is 168 Å². The lowest BCUT2D eigenvalue weighted by molar-refractivity contribution is -0.117. The SMILES string of the molecule is C/C(=C/C(=O)NC(C)c1ccc(S(C)(=O)=O)cc1)C12CC3CC(CC(C3)C1)C2. The zero-order chi connectivity index (χ0) is 20.1. The molecular weight excluding hydrogens is 370 g/mol. The lowest BCUT2D eigenvalue weighted by Gasteiger charge is -2.57. The van der Waals surface area contributed by atoms with Crippen LogP contribution in [0.1, 0.15) is 64.0 Å². The van der Waals surface area contributed by atoms with Crippen molar-refractivity contribution in [3.8, 4) is 0 Å². The third-order valence-corrected chi connectivity index (χ3v) is 8.52. The van der Waals surface area contributed by atoms with E-state index in [9.17, 15) is 13.2 Å². The standard InChI is InChI=1S/C23H31NO3S/c1-15(23-12-17-9-18(13-23)11-19(10-17)14-23)8-22(25)24-16(2)20-4-6-21(7-5-20)28(3,26)27/h4-8,16-19H,9-14H2,1-3H3,(H,24,25)/b15-8-. The number of allylic oxidation sites excluding steroid dienone is 1. The summed E-state index contributed by atoms with van der Waals surface area (Å²) in [5.74, 6) is 2.55. The molecule has 4 fully saturated rings. The van der Waals surface area contributed by atoms with Gasteiger partial charge in [0.25, 0.3) is 0 Å². The predicted octanol–water partition coefficient (Wildman–Crippen LogP) is 4.43. The topological polar surface area (TPSA) is 63.2 Å². The lowest BCUT2D eigenvalue weighted by Crippen LogP contribution is -2.46. The first kappa shape index (κ1) is 19.7. The fraction of sp³-hybridized carbons (Fsp3) is 0.609. The molecule has 4 nitrogen and oxygen atoms in total. The van der Waals surface area contributed by atoms with Gasteiger partial charge in [-0.3, -0.25) is 4.79 Å². The summed E-state index contributed by atoms with van der Waals surface area (Å²) in [7, 11) is -3.20. The minimum atomic E-state index is -3.20. The second-order valence-electron chi connectivity index (χ2n) is 9.60. The predicted molar refractivity (Wildman–Crippen MR) is 110 cm³/mol. The molecule has 1 aromatic rings. The quantitative estimate of drug-likeness (QED) is 0.743. The Morgan fingerprint density at radius 3 is 2.04 bits per heavy atom. The van der Waals surface area contributed by atoms with E-state index in [1.807, 2.05) is 13.0 Å². The molecule has 0 saturated heterocycles. The molecule has 4 saturated carbocycles. The van der Waals surface area contributed by atoms with E-state index in [1.165, 1.54) is 50.4 Å². The van der Waals surface area contributed by atoms with Gasteiger partial charge in [-0.25, -0.2) is 8.42 Å². The zero-order valence-electron chi connectivity index (χ0n) is 17.1. The monoisotopic (exact) mass is 401 g/mol. The molecule has 1 amide bonds. The van der Waals surface area contributed by atoms with Gasteiger partial charge in [0.05, 0.1) is 10.9 Å². The third-order valence-electron chi connectivity index (χ3n) is 7.39. The Morgan fingerprint density at radius 1 is 1.07 bits per heavy atom. The Bertz CT molecular complexity index is 863. The minimum Gasteiger partial charge on any atom is -0.346 e. The van der Waals surface area contributed by atoms with Gasteiger partial charge in [-0.2, -0.15) is 0 Å². The van der Waals surface area contributed by atoms with Crippen molar-refractivity contribution in [2.24, 2.45) is 23.2 Å². The molecule has 0 heterocycles. The highest BCUT2D eigenvalue weighted by atomic mass is 32.2. The average Bonchev–Trinajstić information content (AvgIpc) is 2.59. The first-order valence-electron chi connectivity index (χ1n) is 10.4. The van der Waals surface area contributed by atoms with Gasteiger partial charge in [-0.15, -0.1) is 0 Å². The molecule has 0 radical (unpaired) electrons. The fourth-order valence-corrected chi connectivity index (χ4v) is 6.92. The van der Waals surface area contributed by atoms with Crippen LogP contribution in [0.4, 0.5) is 0 Å². The highest BCUT2D eigenvalue weighted by Gasteiger charge is 2.51. The van der Waals surface area contributed by atoms with Gasteiger partial charge in [0.15, 0.2) is 9.84 Å². The largest absolute Gasteiger partial charge is 0.346 e. The first-order valence-corrected chi connectivity index (χ1v) is 12.3.